The molecule has 1 aliphatic carbocycles. The van der Waals surface area contributed by atoms with E-state index in [0.29, 0.717) is 24.2 Å². The first kappa shape index (κ1) is 23.1. The minimum atomic E-state index is -0.697. The van der Waals surface area contributed by atoms with E-state index >= 15 is 0 Å². The highest BCUT2D eigenvalue weighted by atomic mass is 16.3. The van der Waals surface area contributed by atoms with Gasteiger partial charge >= 0.3 is 0 Å². The molecule has 1 heterocycles. The number of ketones is 1. The number of aliphatic hydroxyl groups excluding tert-OH is 1. The second-order valence-corrected chi connectivity index (χ2v) is 8.80. The van der Waals surface area contributed by atoms with Gasteiger partial charge in [-0.3, -0.25) is 9.59 Å². The molecule has 1 unspecified atom stereocenters. The van der Waals surface area contributed by atoms with E-state index in [1.807, 2.05) is 18.2 Å². The number of rotatable bonds is 7. The van der Waals surface area contributed by atoms with Gasteiger partial charge in [0.25, 0.3) is 11.7 Å². The number of phenols is 1. The van der Waals surface area contributed by atoms with Gasteiger partial charge in [0, 0.05) is 18.7 Å². The number of likely N-dealkylation sites (N-methyl/N-ethyl adjacent to an activating group) is 1. The first-order valence-corrected chi connectivity index (χ1v) is 11.9. The van der Waals surface area contributed by atoms with Crippen molar-refractivity contribution in [2.24, 2.45) is 0 Å². The fourth-order valence-electron chi connectivity index (χ4n) is 4.94. The Balaban J connectivity index is 1.78. The number of amides is 1. The number of aromatic hydroxyl groups is 1. The molecule has 1 saturated heterocycles. The summed E-state index contributed by atoms with van der Waals surface area (Å²) >= 11 is 0. The normalized spacial score (nSPS) is 19.8. The third-order valence-corrected chi connectivity index (χ3v) is 6.92. The molecule has 0 saturated carbocycles. The number of carbonyl (C=O) groups excluding carboxylic acids is 2. The Morgan fingerprint density at radius 2 is 1.67 bits per heavy atom. The molecular weight excluding hydrogens is 416 g/mol. The van der Waals surface area contributed by atoms with Crippen LogP contribution in [-0.2, 0) is 22.4 Å². The molecule has 2 N–H and O–H groups in total. The Morgan fingerprint density at radius 1 is 1.00 bits per heavy atom. The molecule has 174 valence electrons. The molecule has 0 spiro atoms. The zero-order valence-electron chi connectivity index (χ0n) is 19.4. The van der Waals surface area contributed by atoms with E-state index in [2.05, 4.69) is 18.7 Å². The topological polar surface area (TPSA) is 81.1 Å². The first-order chi connectivity index (χ1) is 15.9. The molecule has 2 aliphatic rings. The summed E-state index contributed by atoms with van der Waals surface area (Å²) in [7, 11) is 0. The van der Waals surface area contributed by atoms with E-state index < -0.39 is 17.7 Å². The highest BCUT2D eigenvalue weighted by molar-refractivity contribution is 6.46. The van der Waals surface area contributed by atoms with Crippen molar-refractivity contribution in [1.82, 2.24) is 9.80 Å². The molecule has 2 aromatic rings. The number of likely N-dealkylation sites (tertiary alicyclic amines) is 1. The van der Waals surface area contributed by atoms with Gasteiger partial charge in [-0.15, -0.1) is 0 Å². The lowest BCUT2D eigenvalue weighted by atomic mass is 9.88. The Labute approximate surface area is 195 Å². The fourth-order valence-corrected chi connectivity index (χ4v) is 4.94. The monoisotopic (exact) mass is 448 g/mol. The lowest BCUT2D eigenvalue weighted by molar-refractivity contribution is -0.140. The number of nitrogens with zero attached hydrogens (tertiary/aromatic N) is 2. The SMILES string of the molecule is CCN(CC)CCN1C(=O)C(=O)/C(=C(\O)c2ccc3c(c2)CCCC3)C1c1ccc(O)cc1. The minimum absolute atomic E-state index is 0.105. The smallest absolute Gasteiger partial charge is 0.295 e. The lowest BCUT2D eigenvalue weighted by Crippen LogP contribution is -2.38. The van der Waals surface area contributed by atoms with Crippen LogP contribution >= 0.6 is 0 Å². The fraction of sp³-hybridized carbons (Fsp3) is 0.407. The van der Waals surface area contributed by atoms with E-state index in [-0.39, 0.29) is 17.1 Å². The Bertz CT molecular complexity index is 1070. The Kier molecular flexibility index (Phi) is 6.84. The highest BCUT2D eigenvalue weighted by Gasteiger charge is 2.46. The van der Waals surface area contributed by atoms with Crippen LogP contribution in [-0.4, -0.2) is 57.9 Å². The summed E-state index contributed by atoms with van der Waals surface area (Å²) in [5.41, 5.74) is 3.85. The predicted octanol–water partition coefficient (Wildman–Crippen LogP) is 4.03. The molecule has 4 rings (SSSR count). The van der Waals surface area contributed by atoms with Crippen molar-refractivity contribution in [3.05, 3.63) is 70.3 Å². The first-order valence-electron chi connectivity index (χ1n) is 11.9. The molecule has 6 heteroatoms. The van der Waals surface area contributed by atoms with Crippen molar-refractivity contribution >= 4 is 17.4 Å². The Morgan fingerprint density at radius 3 is 2.33 bits per heavy atom. The number of hydrogen-bond donors (Lipinski definition) is 2. The summed E-state index contributed by atoms with van der Waals surface area (Å²) in [6.45, 7) is 6.82. The number of Topliss-reactive ketones (excluding diaryl/α,β-unsaturated/α-hetero) is 1. The number of aryl methyl sites for hydroxylation is 2. The van der Waals surface area contributed by atoms with Gasteiger partial charge in [0.2, 0.25) is 0 Å². The van der Waals surface area contributed by atoms with E-state index in [1.54, 1.807) is 29.2 Å². The predicted molar refractivity (Wildman–Crippen MR) is 128 cm³/mol. The van der Waals surface area contributed by atoms with Gasteiger partial charge in [-0.1, -0.05) is 38.1 Å². The van der Waals surface area contributed by atoms with Gasteiger partial charge in [0.05, 0.1) is 11.6 Å². The molecule has 1 fully saturated rings. The molecule has 0 radical (unpaired) electrons. The van der Waals surface area contributed by atoms with Gasteiger partial charge < -0.3 is 20.0 Å². The van der Waals surface area contributed by atoms with Crippen LogP contribution < -0.4 is 0 Å². The summed E-state index contributed by atoms with van der Waals surface area (Å²) in [6, 6.07) is 11.6. The van der Waals surface area contributed by atoms with Crippen LogP contribution in [0.1, 0.15) is 55.0 Å². The van der Waals surface area contributed by atoms with Crippen LogP contribution in [0.15, 0.2) is 48.0 Å². The zero-order valence-corrected chi connectivity index (χ0v) is 19.4. The maximum atomic E-state index is 13.2. The molecular formula is C27H32N2O4. The third-order valence-electron chi connectivity index (χ3n) is 6.92. The molecule has 2 aromatic carbocycles. The average Bonchev–Trinajstić information content (AvgIpc) is 3.09. The van der Waals surface area contributed by atoms with E-state index in [0.717, 1.165) is 38.8 Å². The largest absolute Gasteiger partial charge is 0.508 e. The maximum Gasteiger partial charge on any atom is 0.295 e. The van der Waals surface area contributed by atoms with Gasteiger partial charge in [0.1, 0.15) is 11.5 Å². The standard InChI is InChI=1S/C27H32N2O4/c1-3-28(4-2)15-16-29-24(19-11-13-22(30)14-12-19)23(26(32)27(29)33)25(31)21-10-9-18-7-5-6-8-20(18)17-21/h9-14,17,24,30-31H,3-8,15-16H2,1-2H3/b25-23-. The molecule has 1 atom stereocenters. The molecule has 6 nitrogen and oxygen atoms in total. The minimum Gasteiger partial charge on any atom is -0.508 e. The molecule has 33 heavy (non-hydrogen) atoms. The number of aliphatic hydroxyl groups is 1. The summed E-state index contributed by atoms with van der Waals surface area (Å²) < 4.78 is 0. The van der Waals surface area contributed by atoms with E-state index in [4.69, 9.17) is 0 Å². The molecule has 0 bridgehead atoms. The van der Waals surface area contributed by atoms with Gasteiger partial charge in [-0.05, 0) is 73.7 Å². The van der Waals surface area contributed by atoms with Crippen LogP contribution in [0, 0.1) is 0 Å². The van der Waals surface area contributed by atoms with Crippen LogP contribution in [0.2, 0.25) is 0 Å². The van der Waals surface area contributed by atoms with Crippen LogP contribution in [0.5, 0.6) is 5.75 Å². The van der Waals surface area contributed by atoms with Crippen molar-refractivity contribution in [2.45, 2.75) is 45.6 Å². The number of benzene rings is 2. The van der Waals surface area contributed by atoms with Gasteiger partial charge in [0.15, 0.2) is 0 Å². The zero-order chi connectivity index (χ0) is 23.5. The second kappa shape index (κ2) is 9.79. The van der Waals surface area contributed by atoms with E-state index in [1.165, 1.54) is 11.1 Å². The Hall–Kier alpha value is -3.12. The van der Waals surface area contributed by atoms with Crippen LogP contribution in [0.25, 0.3) is 5.76 Å². The van der Waals surface area contributed by atoms with Crippen molar-refractivity contribution in [3.63, 3.8) is 0 Å². The lowest BCUT2D eigenvalue weighted by Gasteiger charge is -2.28. The van der Waals surface area contributed by atoms with E-state index in [9.17, 15) is 19.8 Å². The van der Waals surface area contributed by atoms with Crippen LogP contribution in [0.3, 0.4) is 0 Å². The summed E-state index contributed by atoms with van der Waals surface area (Å²) in [5, 5.41) is 21.1. The third kappa shape index (κ3) is 4.53. The van der Waals surface area contributed by atoms with Gasteiger partial charge in [-0.25, -0.2) is 0 Å². The number of phenolic OH excluding ortho intramolecular Hbond substituents is 1. The summed E-state index contributed by atoms with van der Waals surface area (Å²) in [4.78, 5) is 30.0. The van der Waals surface area contributed by atoms with Crippen molar-refractivity contribution in [3.8, 4) is 5.75 Å². The molecule has 1 amide bonds. The average molecular weight is 449 g/mol. The molecule has 1 aliphatic heterocycles. The van der Waals surface area contributed by atoms with Crippen LogP contribution in [0.4, 0.5) is 0 Å². The maximum absolute atomic E-state index is 13.2. The summed E-state index contributed by atoms with van der Waals surface area (Å²) in [6.07, 6.45) is 4.26. The number of carbonyl (C=O) groups is 2. The quantitative estimate of drug-likeness (QED) is 0.380. The van der Waals surface area contributed by atoms with Crippen molar-refractivity contribution in [1.29, 1.82) is 0 Å². The number of fused-ring (bicyclic) bond motifs is 1. The van der Waals surface area contributed by atoms with Crippen molar-refractivity contribution in [2.75, 3.05) is 26.2 Å². The second-order valence-electron chi connectivity index (χ2n) is 8.80. The van der Waals surface area contributed by atoms with Gasteiger partial charge in [-0.2, -0.15) is 0 Å². The summed E-state index contributed by atoms with van der Waals surface area (Å²) in [5.74, 6) is -1.29. The molecule has 0 aromatic heterocycles. The number of hydrogen-bond acceptors (Lipinski definition) is 5. The van der Waals surface area contributed by atoms with Crippen molar-refractivity contribution < 1.29 is 19.8 Å². The highest BCUT2D eigenvalue weighted by Crippen LogP contribution is 2.40.